The van der Waals surface area contributed by atoms with E-state index in [0.29, 0.717) is 10.9 Å². The number of nitrogens with zero attached hydrogens (tertiary/aromatic N) is 5. The number of para-hydroxylation sites is 1. The van der Waals surface area contributed by atoms with Crippen molar-refractivity contribution in [3.05, 3.63) is 42.1 Å². The summed E-state index contributed by atoms with van der Waals surface area (Å²) in [6, 6.07) is 9.87. The van der Waals surface area contributed by atoms with E-state index in [1.54, 1.807) is 6.20 Å². The first-order valence-corrected chi connectivity index (χ1v) is 7.16. The van der Waals surface area contributed by atoms with Crippen LogP contribution in [-0.4, -0.2) is 36.3 Å². The van der Waals surface area contributed by atoms with Gasteiger partial charge >= 0.3 is 5.97 Å². The third-order valence-electron chi connectivity index (χ3n) is 2.86. The molecule has 0 aliphatic carbocycles. The molecule has 2 aromatic heterocycles. The summed E-state index contributed by atoms with van der Waals surface area (Å²) in [4.78, 5) is 15.1. The Labute approximate surface area is 124 Å². The van der Waals surface area contributed by atoms with Gasteiger partial charge in [-0.05, 0) is 22.1 Å². The lowest BCUT2D eigenvalue weighted by Gasteiger charge is -2.05. The first kappa shape index (κ1) is 13.5. The van der Waals surface area contributed by atoms with Crippen LogP contribution in [0.15, 0.2) is 41.7 Å². The van der Waals surface area contributed by atoms with Gasteiger partial charge in [-0.2, -0.15) is 0 Å². The fourth-order valence-electron chi connectivity index (χ4n) is 1.95. The summed E-state index contributed by atoms with van der Waals surface area (Å²) < 4.78 is 1.27. The zero-order chi connectivity index (χ0) is 14.7. The average Bonchev–Trinajstić information content (AvgIpc) is 2.91. The fraction of sp³-hybridized carbons (Fsp3) is 0.154. The summed E-state index contributed by atoms with van der Waals surface area (Å²) in [7, 11) is 0. The zero-order valence-corrected chi connectivity index (χ0v) is 11.7. The first-order chi connectivity index (χ1) is 10.2. The van der Waals surface area contributed by atoms with Gasteiger partial charge in [0.05, 0.1) is 5.52 Å². The quantitative estimate of drug-likeness (QED) is 0.715. The molecular formula is C13H11N5O2S. The molecule has 0 fully saturated rings. The van der Waals surface area contributed by atoms with Gasteiger partial charge < -0.3 is 5.11 Å². The third-order valence-corrected chi connectivity index (χ3v) is 3.86. The monoisotopic (exact) mass is 301 g/mol. The highest BCUT2D eigenvalue weighted by atomic mass is 32.2. The maximum atomic E-state index is 10.7. The number of fused-ring (bicyclic) bond motifs is 1. The van der Waals surface area contributed by atoms with Crippen molar-refractivity contribution in [2.45, 2.75) is 17.5 Å². The minimum atomic E-state index is -0.976. The second-order valence-electron chi connectivity index (χ2n) is 4.29. The van der Waals surface area contributed by atoms with E-state index in [1.807, 2.05) is 30.3 Å². The Morgan fingerprint density at radius 3 is 3.00 bits per heavy atom. The number of carboxylic acid groups (broad SMARTS) is 1. The SMILES string of the molecule is O=C(O)Cn1nnnc1SCc1cccc2cccnc12. The largest absolute Gasteiger partial charge is 0.480 e. The van der Waals surface area contributed by atoms with E-state index in [-0.39, 0.29) is 6.54 Å². The minimum absolute atomic E-state index is 0.247. The molecular weight excluding hydrogens is 290 g/mol. The maximum absolute atomic E-state index is 10.7. The van der Waals surface area contributed by atoms with Crippen LogP contribution in [0.25, 0.3) is 10.9 Å². The van der Waals surface area contributed by atoms with Crippen LogP contribution in [0.2, 0.25) is 0 Å². The van der Waals surface area contributed by atoms with E-state index in [0.717, 1.165) is 16.5 Å². The van der Waals surface area contributed by atoms with Crippen molar-refractivity contribution in [3.8, 4) is 0 Å². The van der Waals surface area contributed by atoms with Crippen molar-refractivity contribution in [1.29, 1.82) is 0 Å². The minimum Gasteiger partial charge on any atom is -0.480 e. The van der Waals surface area contributed by atoms with E-state index in [2.05, 4.69) is 20.5 Å². The number of hydrogen-bond donors (Lipinski definition) is 1. The van der Waals surface area contributed by atoms with Gasteiger partial charge in [0, 0.05) is 17.3 Å². The van der Waals surface area contributed by atoms with Gasteiger partial charge in [0.2, 0.25) is 5.16 Å². The summed E-state index contributed by atoms with van der Waals surface area (Å²) in [5.74, 6) is -0.357. The standard InChI is InChI=1S/C13H11N5O2S/c19-11(20)7-18-13(15-16-17-18)21-8-10-4-1-3-9-5-2-6-14-12(9)10/h1-6H,7-8H2,(H,19,20). The summed E-state index contributed by atoms with van der Waals surface area (Å²) >= 11 is 1.39. The van der Waals surface area contributed by atoms with Crippen LogP contribution in [0.4, 0.5) is 0 Å². The van der Waals surface area contributed by atoms with Crippen molar-refractivity contribution < 1.29 is 9.90 Å². The van der Waals surface area contributed by atoms with Crippen molar-refractivity contribution >= 4 is 28.6 Å². The molecule has 3 aromatic rings. The Balaban J connectivity index is 1.81. The van der Waals surface area contributed by atoms with Crippen LogP contribution in [0.3, 0.4) is 0 Å². The number of tetrazole rings is 1. The molecule has 0 aliphatic rings. The molecule has 0 atom stereocenters. The molecule has 0 spiro atoms. The third kappa shape index (κ3) is 3.00. The van der Waals surface area contributed by atoms with E-state index in [9.17, 15) is 4.79 Å². The number of aliphatic carboxylic acids is 1. The van der Waals surface area contributed by atoms with E-state index < -0.39 is 5.97 Å². The van der Waals surface area contributed by atoms with Crippen molar-refractivity contribution in [3.63, 3.8) is 0 Å². The summed E-state index contributed by atoms with van der Waals surface area (Å²) in [5, 5.41) is 21.4. The van der Waals surface area contributed by atoms with Crippen molar-refractivity contribution in [2.24, 2.45) is 0 Å². The van der Waals surface area contributed by atoms with Gasteiger partial charge in [0.15, 0.2) is 0 Å². The Morgan fingerprint density at radius 1 is 1.29 bits per heavy atom. The van der Waals surface area contributed by atoms with Gasteiger partial charge in [0.25, 0.3) is 0 Å². The number of aromatic nitrogens is 5. The second-order valence-corrected chi connectivity index (χ2v) is 5.24. The Hall–Kier alpha value is -2.48. The molecule has 1 N–H and O–H groups in total. The molecule has 8 heteroatoms. The highest BCUT2D eigenvalue weighted by Gasteiger charge is 2.11. The van der Waals surface area contributed by atoms with Crippen LogP contribution in [0.1, 0.15) is 5.56 Å². The normalized spacial score (nSPS) is 10.9. The van der Waals surface area contributed by atoms with E-state index in [4.69, 9.17) is 5.11 Å². The fourth-order valence-corrected chi connectivity index (χ4v) is 2.82. The molecule has 2 heterocycles. The molecule has 106 valence electrons. The van der Waals surface area contributed by atoms with Gasteiger partial charge in [-0.15, -0.1) is 5.10 Å². The van der Waals surface area contributed by atoms with Crippen LogP contribution >= 0.6 is 11.8 Å². The van der Waals surface area contributed by atoms with Gasteiger partial charge in [-0.3, -0.25) is 9.78 Å². The zero-order valence-electron chi connectivity index (χ0n) is 10.9. The lowest BCUT2D eigenvalue weighted by atomic mass is 10.1. The lowest BCUT2D eigenvalue weighted by Crippen LogP contribution is -2.11. The molecule has 0 amide bonds. The van der Waals surface area contributed by atoms with Crippen LogP contribution < -0.4 is 0 Å². The van der Waals surface area contributed by atoms with Gasteiger partial charge in [-0.1, -0.05) is 36.0 Å². The smallest absolute Gasteiger partial charge is 0.325 e. The summed E-state index contributed by atoms with van der Waals surface area (Å²) in [6.45, 7) is -0.247. The highest BCUT2D eigenvalue weighted by Crippen LogP contribution is 2.24. The van der Waals surface area contributed by atoms with Gasteiger partial charge in [0.1, 0.15) is 6.54 Å². The Kier molecular flexibility index (Phi) is 3.78. The molecule has 0 aliphatic heterocycles. The highest BCUT2D eigenvalue weighted by molar-refractivity contribution is 7.98. The molecule has 0 saturated heterocycles. The average molecular weight is 301 g/mol. The van der Waals surface area contributed by atoms with Crippen molar-refractivity contribution in [2.75, 3.05) is 0 Å². The molecule has 21 heavy (non-hydrogen) atoms. The molecule has 0 saturated carbocycles. The predicted molar refractivity (Wildman–Crippen MR) is 76.8 cm³/mol. The summed E-state index contributed by atoms with van der Waals surface area (Å²) in [6.07, 6.45) is 1.75. The Bertz CT molecular complexity index is 784. The number of carbonyl (C=O) groups is 1. The predicted octanol–water partition coefficient (Wildman–Crippen LogP) is 1.60. The second kappa shape index (κ2) is 5.88. The number of benzene rings is 1. The van der Waals surface area contributed by atoms with Crippen molar-refractivity contribution in [1.82, 2.24) is 25.2 Å². The molecule has 0 unspecified atom stereocenters. The number of carboxylic acids is 1. The van der Waals surface area contributed by atoms with E-state index in [1.165, 1.54) is 16.4 Å². The topological polar surface area (TPSA) is 93.8 Å². The number of pyridine rings is 1. The van der Waals surface area contributed by atoms with E-state index >= 15 is 0 Å². The Morgan fingerprint density at radius 2 is 2.14 bits per heavy atom. The van der Waals surface area contributed by atoms with Crippen LogP contribution in [0.5, 0.6) is 0 Å². The molecule has 1 aromatic carbocycles. The first-order valence-electron chi connectivity index (χ1n) is 6.17. The van der Waals surface area contributed by atoms with Gasteiger partial charge in [-0.25, -0.2) is 4.68 Å². The number of hydrogen-bond acceptors (Lipinski definition) is 6. The molecule has 7 nitrogen and oxygen atoms in total. The molecule has 0 radical (unpaired) electrons. The van der Waals surface area contributed by atoms with Crippen LogP contribution in [-0.2, 0) is 17.1 Å². The molecule has 3 rings (SSSR count). The lowest BCUT2D eigenvalue weighted by molar-refractivity contribution is -0.138. The summed E-state index contributed by atoms with van der Waals surface area (Å²) in [5.41, 5.74) is 1.99. The number of thioether (sulfide) groups is 1. The number of rotatable bonds is 5. The van der Waals surface area contributed by atoms with Crippen LogP contribution in [0, 0.1) is 0 Å². The maximum Gasteiger partial charge on any atom is 0.325 e. The molecule has 0 bridgehead atoms.